The smallest absolute Gasteiger partial charge is 0.231 e. The molecule has 0 unspecified atom stereocenters. The number of amides is 1. The van der Waals surface area contributed by atoms with Crippen molar-refractivity contribution < 1.29 is 14.3 Å². The Morgan fingerprint density at radius 3 is 2.95 bits per heavy atom. The van der Waals surface area contributed by atoms with Crippen LogP contribution >= 0.6 is 0 Å². The molecule has 0 spiro atoms. The first-order valence-electron chi connectivity index (χ1n) is 6.48. The Morgan fingerprint density at radius 1 is 1.37 bits per heavy atom. The molecule has 0 aromatic heterocycles. The molecule has 0 bridgehead atoms. The monoisotopic (exact) mass is 264 g/mol. The summed E-state index contributed by atoms with van der Waals surface area (Å²) in [6.07, 6.45) is 1.43. The summed E-state index contributed by atoms with van der Waals surface area (Å²) in [5.41, 5.74) is 1.05. The lowest BCUT2D eigenvalue weighted by Gasteiger charge is -2.17. The highest BCUT2D eigenvalue weighted by molar-refractivity contribution is 5.75. The van der Waals surface area contributed by atoms with E-state index >= 15 is 0 Å². The van der Waals surface area contributed by atoms with Gasteiger partial charge in [-0.1, -0.05) is 6.07 Å². The molecule has 0 fully saturated rings. The molecule has 19 heavy (non-hydrogen) atoms. The minimum Gasteiger partial charge on any atom is -0.454 e. The first kappa shape index (κ1) is 13.7. The van der Waals surface area contributed by atoms with Crippen LogP contribution in [0.2, 0.25) is 0 Å². The van der Waals surface area contributed by atoms with Crippen LogP contribution in [-0.4, -0.2) is 38.2 Å². The molecule has 1 aromatic carbocycles. The Bertz CT molecular complexity index is 448. The van der Waals surface area contributed by atoms with Crippen molar-refractivity contribution in [1.82, 2.24) is 10.2 Å². The van der Waals surface area contributed by atoms with Crippen LogP contribution in [0.15, 0.2) is 18.2 Å². The van der Waals surface area contributed by atoms with E-state index in [0.29, 0.717) is 13.0 Å². The van der Waals surface area contributed by atoms with E-state index in [9.17, 15) is 4.79 Å². The van der Waals surface area contributed by atoms with E-state index in [1.807, 2.05) is 32.3 Å². The SMILES string of the molecule is CNCCCC(=O)N(C)Cc1ccc2c(c1)OCO2. The zero-order valence-electron chi connectivity index (χ0n) is 11.4. The summed E-state index contributed by atoms with van der Waals surface area (Å²) in [6, 6.07) is 5.78. The minimum atomic E-state index is 0.160. The Kier molecular flexibility index (Phi) is 4.63. The maximum Gasteiger partial charge on any atom is 0.231 e. The molecule has 104 valence electrons. The van der Waals surface area contributed by atoms with E-state index in [1.165, 1.54) is 0 Å². The predicted molar refractivity (Wildman–Crippen MR) is 72.2 cm³/mol. The largest absolute Gasteiger partial charge is 0.454 e. The third-order valence-corrected chi connectivity index (χ3v) is 3.10. The normalized spacial score (nSPS) is 12.5. The molecule has 0 radical (unpaired) electrons. The topological polar surface area (TPSA) is 50.8 Å². The van der Waals surface area contributed by atoms with Crippen LogP contribution in [0.5, 0.6) is 11.5 Å². The van der Waals surface area contributed by atoms with E-state index in [2.05, 4.69) is 5.32 Å². The maximum atomic E-state index is 11.9. The number of benzene rings is 1. The average Bonchev–Trinajstić information content (AvgIpc) is 2.86. The van der Waals surface area contributed by atoms with Gasteiger partial charge in [0.05, 0.1) is 0 Å². The molecule has 1 N–H and O–H groups in total. The average molecular weight is 264 g/mol. The van der Waals surface area contributed by atoms with Gasteiger partial charge in [0, 0.05) is 20.0 Å². The van der Waals surface area contributed by atoms with Gasteiger partial charge in [0.25, 0.3) is 0 Å². The molecule has 1 amide bonds. The van der Waals surface area contributed by atoms with Crippen LogP contribution in [0.1, 0.15) is 18.4 Å². The van der Waals surface area contributed by atoms with Crippen LogP contribution in [0.3, 0.4) is 0 Å². The Hall–Kier alpha value is -1.75. The van der Waals surface area contributed by atoms with Gasteiger partial charge in [0.15, 0.2) is 11.5 Å². The van der Waals surface area contributed by atoms with E-state index in [1.54, 1.807) is 4.90 Å². The molecule has 0 aliphatic carbocycles. The molecule has 1 aliphatic heterocycles. The summed E-state index contributed by atoms with van der Waals surface area (Å²) in [5.74, 6) is 1.69. The van der Waals surface area contributed by atoms with Gasteiger partial charge in [0.1, 0.15) is 0 Å². The number of ether oxygens (including phenoxy) is 2. The molecular formula is C14H20N2O3. The summed E-state index contributed by atoms with van der Waals surface area (Å²) in [6.45, 7) is 1.73. The lowest BCUT2D eigenvalue weighted by molar-refractivity contribution is -0.130. The van der Waals surface area contributed by atoms with Crippen LogP contribution in [0.4, 0.5) is 0 Å². The Balaban J connectivity index is 1.88. The number of hydrogen-bond acceptors (Lipinski definition) is 4. The third-order valence-electron chi connectivity index (χ3n) is 3.10. The second kappa shape index (κ2) is 6.43. The second-order valence-corrected chi connectivity index (χ2v) is 4.64. The fourth-order valence-electron chi connectivity index (χ4n) is 2.01. The molecule has 1 heterocycles. The summed E-state index contributed by atoms with van der Waals surface area (Å²) < 4.78 is 10.6. The van der Waals surface area contributed by atoms with Gasteiger partial charge in [-0.2, -0.15) is 0 Å². The minimum absolute atomic E-state index is 0.160. The number of nitrogens with zero attached hydrogens (tertiary/aromatic N) is 1. The fraction of sp³-hybridized carbons (Fsp3) is 0.500. The van der Waals surface area contributed by atoms with Crippen molar-refractivity contribution in [2.45, 2.75) is 19.4 Å². The van der Waals surface area contributed by atoms with Crippen molar-refractivity contribution in [2.24, 2.45) is 0 Å². The number of nitrogens with one attached hydrogen (secondary N) is 1. The highest BCUT2D eigenvalue weighted by Gasteiger charge is 2.15. The number of rotatable bonds is 6. The van der Waals surface area contributed by atoms with Gasteiger partial charge in [-0.05, 0) is 37.7 Å². The van der Waals surface area contributed by atoms with Crippen LogP contribution in [0.25, 0.3) is 0 Å². The van der Waals surface area contributed by atoms with Gasteiger partial charge < -0.3 is 19.7 Å². The Labute approximate surface area is 113 Å². The number of fused-ring (bicyclic) bond motifs is 1. The molecule has 5 heteroatoms. The lowest BCUT2D eigenvalue weighted by Crippen LogP contribution is -2.26. The van der Waals surface area contributed by atoms with E-state index in [0.717, 1.165) is 30.0 Å². The van der Waals surface area contributed by atoms with Crippen molar-refractivity contribution in [3.8, 4) is 11.5 Å². The van der Waals surface area contributed by atoms with Crippen LogP contribution in [-0.2, 0) is 11.3 Å². The number of carbonyl (C=O) groups is 1. The molecule has 2 rings (SSSR count). The zero-order chi connectivity index (χ0) is 13.7. The van der Waals surface area contributed by atoms with Crippen molar-refractivity contribution in [1.29, 1.82) is 0 Å². The molecule has 1 aliphatic rings. The summed E-state index contributed by atoms with van der Waals surface area (Å²) in [5, 5.41) is 3.04. The highest BCUT2D eigenvalue weighted by atomic mass is 16.7. The van der Waals surface area contributed by atoms with Crippen molar-refractivity contribution in [2.75, 3.05) is 27.4 Å². The highest BCUT2D eigenvalue weighted by Crippen LogP contribution is 2.32. The van der Waals surface area contributed by atoms with Crippen molar-refractivity contribution >= 4 is 5.91 Å². The zero-order valence-corrected chi connectivity index (χ0v) is 11.4. The summed E-state index contributed by atoms with van der Waals surface area (Å²) >= 11 is 0. The first-order valence-corrected chi connectivity index (χ1v) is 6.48. The van der Waals surface area contributed by atoms with Crippen molar-refractivity contribution in [3.63, 3.8) is 0 Å². The third kappa shape index (κ3) is 3.61. The summed E-state index contributed by atoms with van der Waals surface area (Å²) in [7, 11) is 3.72. The van der Waals surface area contributed by atoms with E-state index in [-0.39, 0.29) is 12.7 Å². The molecule has 0 atom stereocenters. The van der Waals surface area contributed by atoms with Crippen molar-refractivity contribution in [3.05, 3.63) is 23.8 Å². The Morgan fingerprint density at radius 2 is 2.16 bits per heavy atom. The standard InChI is InChI=1S/C14H20N2O3/c1-15-7-3-4-14(17)16(2)9-11-5-6-12-13(8-11)19-10-18-12/h5-6,8,15H,3-4,7,9-10H2,1-2H3. The molecule has 0 saturated carbocycles. The van der Waals surface area contributed by atoms with E-state index < -0.39 is 0 Å². The molecular weight excluding hydrogens is 244 g/mol. The van der Waals surface area contributed by atoms with Gasteiger partial charge in [-0.3, -0.25) is 4.79 Å². The summed E-state index contributed by atoms with van der Waals surface area (Å²) in [4.78, 5) is 13.6. The van der Waals surface area contributed by atoms with Gasteiger partial charge >= 0.3 is 0 Å². The maximum absolute atomic E-state index is 11.9. The number of hydrogen-bond donors (Lipinski definition) is 1. The predicted octanol–water partition coefficient (Wildman–Crippen LogP) is 1.37. The van der Waals surface area contributed by atoms with Crippen LogP contribution in [0, 0.1) is 0 Å². The molecule has 0 saturated heterocycles. The van der Waals surface area contributed by atoms with Gasteiger partial charge in [-0.15, -0.1) is 0 Å². The van der Waals surface area contributed by atoms with Gasteiger partial charge in [-0.25, -0.2) is 0 Å². The first-order chi connectivity index (χ1) is 9.20. The van der Waals surface area contributed by atoms with Crippen LogP contribution < -0.4 is 14.8 Å². The fourth-order valence-corrected chi connectivity index (χ4v) is 2.01. The quantitative estimate of drug-likeness (QED) is 0.789. The molecule has 5 nitrogen and oxygen atoms in total. The van der Waals surface area contributed by atoms with E-state index in [4.69, 9.17) is 9.47 Å². The molecule has 1 aromatic rings. The lowest BCUT2D eigenvalue weighted by atomic mass is 10.2. The number of carbonyl (C=O) groups excluding carboxylic acids is 1. The van der Waals surface area contributed by atoms with Gasteiger partial charge in [0.2, 0.25) is 12.7 Å². The second-order valence-electron chi connectivity index (χ2n) is 4.64.